The lowest BCUT2D eigenvalue weighted by Gasteiger charge is -2.11. The first-order valence-corrected chi connectivity index (χ1v) is 4.51. The third-order valence-corrected chi connectivity index (χ3v) is 1.97. The molecule has 0 bridgehead atoms. The first-order valence-electron chi connectivity index (χ1n) is 4.51. The van der Waals surface area contributed by atoms with E-state index in [2.05, 4.69) is 0 Å². The standard InChI is InChI=1S/C11H14F2/c1-3-5-9-6-4-7-10(8-9)11(2,12)13/h4,6-8H,3,5H2,1-2H3. The van der Waals surface area contributed by atoms with E-state index in [1.807, 2.05) is 13.0 Å². The van der Waals surface area contributed by atoms with Crippen molar-refractivity contribution in [2.75, 3.05) is 0 Å². The summed E-state index contributed by atoms with van der Waals surface area (Å²) in [6.07, 6.45) is 1.85. The smallest absolute Gasteiger partial charge is 0.202 e. The summed E-state index contributed by atoms with van der Waals surface area (Å²) in [7, 11) is 0. The van der Waals surface area contributed by atoms with Crippen molar-refractivity contribution in [3.63, 3.8) is 0 Å². The van der Waals surface area contributed by atoms with Crippen LogP contribution in [0.3, 0.4) is 0 Å². The molecule has 2 heteroatoms. The van der Waals surface area contributed by atoms with Crippen LogP contribution >= 0.6 is 0 Å². The van der Waals surface area contributed by atoms with Crippen molar-refractivity contribution in [1.29, 1.82) is 0 Å². The molecule has 0 saturated heterocycles. The number of rotatable bonds is 3. The molecule has 0 N–H and O–H groups in total. The fourth-order valence-electron chi connectivity index (χ4n) is 1.29. The van der Waals surface area contributed by atoms with Crippen LogP contribution in [0.15, 0.2) is 24.3 Å². The van der Waals surface area contributed by atoms with Crippen molar-refractivity contribution in [3.8, 4) is 0 Å². The van der Waals surface area contributed by atoms with E-state index in [0.29, 0.717) is 0 Å². The van der Waals surface area contributed by atoms with Crippen LogP contribution in [-0.2, 0) is 12.3 Å². The summed E-state index contributed by atoms with van der Waals surface area (Å²) in [6, 6.07) is 6.64. The minimum Gasteiger partial charge on any atom is -0.202 e. The fourth-order valence-corrected chi connectivity index (χ4v) is 1.29. The van der Waals surface area contributed by atoms with E-state index in [9.17, 15) is 8.78 Å². The molecule has 0 saturated carbocycles. The summed E-state index contributed by atoms with van der Waals surface area (Å²) in [5.41, 5.74) is 1.10. The number of hydrogen-bond acceptors (Lipinski definition) is 0. The van der Waals surface area contributed by atoms with Crippen molar-refractivity contribution >= 4 is 0 Å². The minimum atomic E-state index is -2.72. The molecular weight excluding hydrogens is 170 g/mol. The van der Waals surface area contributed by atoms with Crippen LogP contribution in [0.5, 0.6) is 0 Å². The number of aryl methyl sites for hydroxylation is 1. The van der Waals surface area contributed by atoms with Crippen molar-refractivity contribution in [2.45, 2.75) is 32.6 Å². The molecule has 1 rings (SSSR count). The average molecular weight is 184 g/mol. The van der Waals surface area contributed by atoms with Crippen LogP contribution in [-0.4, -0.2) is 0 Å². The first kappa shape index (κ1) is 10.2. The molecule has 0 atom stereocenters. The van der Waals surface area contributed by atoms with Gasteiger partial charge in [0.15, 0.2) is 0 Å². The maximum Gasteiger partial charge on any atom is 0.270 e. The Kier molecular flexibility index (Phi) is 3.02. The molecule has 0 amide bonds. The molecule has 1 aromatic rings. The highest BCUT2D eigenvalue weighted by Gasteiger charge is 2.23. The van der Waals surface area contributed by atoms with E-state index < -0.39 is 5.92 Å². The highest BCUT2D eigenvalue weighted by molar-refractivity contribution is 5.26. The number of benzene rings is 1. The number of halogens is 2. The van der Waals surface area contributed by atoms with Crippen molar-refractivity contribution in [3.05, 3.63) is 35.4 Å². The van der Waals surface area contributed by atoms with E-state index in [-0.39, 0.29) is 5.56 Å². The third kappa shape index (κ3) is 2.79. The van der Waals surface area contributed by atoms with Crippen molar-refractivity contribution in [2.24, 2.45) is 0 Å². The molecule has 0 unspecified atom stereocenters. The average Bonchev–Trinajstić information content (AvgIpc) is 2.04. The Bertz CT molecular complexity index is 274. The Labute approximate surface area is 77.6 Å². The molecule has 0 spiro atoms. The molecule has 0 nitrogen and oxygen atoms in total. The predicted octanol–water partition coefficient (Wildman–Crippen LogP) is 3.75. The first-order chi connectivity index (χ1) is 6.04. The zero-order chi connectivity index (χ0) is 9.90. The van der Waals surface area contributed by atoms with Gasteiger partial charge in [-0.25, -0.2) is 8.78 Å². The molecule has 0 aliphatic carbocycles. The van der Waals surface area contributed by atoms with E-state index >= 15 is 0 Å². The van der Waals surface area contributed by atoms with Gasteiger partial charge in [0.05, 0.1) is 0 Å². The monoisotopic (exact) mass is 184 g/mol. The zero-order valence-electron chi connectivity index (χ0n) is 7.98. The highest BCUT2D eigenvalue weighted by atomic mass is 19.3. The molecule has 0 radical (unpaired) electrons. The lowest BCUT2D eigenvalue weighted by Crippen LogP contribution is -2.07. The van der Waals surface area contributed by atoms with Gasteiger partial charge in [-0.15, -0.1) is 0 Å². The third-order valence-electron chi connectivity index (χ3n) is 1.97. The van der Waals surface area contributed by atoms with Gasteiger partial charge in [-0.05, 0) is 18.1 Å². The SMILES string of the molecule is CCCc1cccc(C(C)(F)F)c1. The van der Waals surface area contributed by atoms with Gasteiger partial charge in [0.1, 0.15) is 0 Å². The predicted molar refractivity (Wildman–Crippen MR) is 50.0 cm³/mol. The van der Waals surface area contributed by atoms with Crippen molar-refractivity contribution < 1.29 is 8.78 Å². The lowest BCUT2D eigenvalue weighted by atomic mass is 10.0. The Morgan fingerprint density at radius 3 is 2.54 bits per heavy atom. The Morgan fingerprint density at radius 1 is 1.31 bits per heavy atom. The highest BCUT2D eigenvalue weighted by Crippen LogP contribution is 2.27. The van der Waals surface area contributed by atoms with Gasteiger partial charge in [-0.2, -0.15) is 0 Å². The lowest BCUT2D eigenvalue weighted by molar-refractivity contribution is 0.0174. The number of alkyl halides is 2. The normalized spacial score (nSPS) is 11.7. The van der Waals surface area contributed by atoms with Gasteiger partial charge in [0.2, 0.25) is 0 Å². The topological polar surface area (TPSA) is 0 Å². The maximum absolute atomic E-state index is 12.9. The molecule has 0 aliphatic heterocycles. The molecule has 0 fully saturated rings. The van der Waals surface area contributed by atoms with Crippen molar-refractivity contribution in [1.82, 2.24) is 0 Å². The van der Waals surface area contributed by atoms with E-state index in [1.54, 1.807) is 12.1 Å². The number of hydrogen-bond donors (Lipinski definition) is 0. The molecule has 1 aromatic carbocycles. The van der Waals surface area contributed by atoms with Crippen LogP contribution in [0.25, 0.3) is 0 Å². The molecule has 0 aromatic heterocycles. The summed E-state index contributed by atoms with van der Waals surface area (Å²) in [5, 5.41) is 0. The summed E-state index contributed by atoms with van der Waals surface area (Å²) < 4.78 is 25.7. The second-order valence-electron chi connectivity index (χ2n) is 3.34. The van der Waals surface area contributed by atoms with Crippen LogP contribution in [0.4, 0.5) is 8.78 Å². The van der Waals surface area contributed by atoms with Gasteiger partial charge in [-0.1, -0.05) is 31.5 Å². The van der Waals surface area contributed by atoms with Gasteiger partial charge in [0.25, 0.3) is 5.92 Å². The summed E-state index contributed by atoms with van der Waals surface area (Å²) >= 11 is 0. The summed E-state index contributed by atoms with van der Waals surface area (Å²) in [4.78, 5) is 0. The van der Waals surface area contributed by atoms with Gasteiger partial charge in [0, 0.05) is 12.5 Å². The Balaban J connectivity index is 2.92. The van der Waals surface area contributed by atoms with Gasteiger partial charge >= 0.3 is 0 Å². The van der Waals surface area contributed by atoms with Crippen LogP contribution in [0.2, 0.25) is 0 Å². The van der Waals surface area contributed by atoms with Crippen LogP contribution in [0, 0.1) is 0 Å². The van der Waals surface area contributed by atoms with E-state index in [0.717, 1.165) is 25.3 Å². The second kappa shape index (κ2) is 3.86. The van der Waals surface area contributed by atoms with Crippen LogP contribution in [0.1, 0.15) is 31.4 Å². The Morgan fingerprint density at radius 2 is 2.00 bits per heavy atom. The second-order valence-corrected chi connectivity index (χ2v) is 3.34. The van der Waals surface area contributed by atoms with Gasteiger partial charge < -0.3 is 0 Å². The summed E-state index contributed by atoms with van der Waals surface area (Å²) in [5.74, 6) is -2.72. The molecule has 72 valence electrons. The van der Waals surface area contributed by atoms with E-state index in [4.69, 9.17) is 0 Å². The molecular formula is C11H14F2. The molecule has 0 aliphatic rings. The fraction of sp³-hybridized carbons (Fsp3) is 0.455. The zero-order valence-corrected chi connectivity index (χ0v) is 7.98. The maximum atomic E-state index is 12.9. The molecule has 13 heavy (non-hydrogen) atoms. The van der Waals surface area contributed by atoms with Crippen LogP contribution < -0.4 is 0 Å². The largest absolute Gasteiger partial charge is 0.270 e. The molecule has 0 heterocycles. The Hall–Kier alpha value is -0.920. The van der Waals surface area contributed by atoms with E-state index in [1.165, 1.54) is 6.07 Å². The van der Waals surface area contributed by atoms with Gasteiger partial charge in [-0.3, -0.25) is 0 Å². The quantitative estimate of drug-likeness (QED) is 0.671. The summed E-state index contributed by atoms with van der Waals surface area (Å²) in [6.45, 7) is 2.97. The minimum absolute atomic E-state index is 0.110.